The fourth-order valence-corrected chi connectivity index (χ4v) is 2.72. The smallest absolute Gasteiger partial charge is 0.311 e. The third kappa shape index (κ3) is 4.03. The summed E-state index contributed by atoms with van der Waals surface area (Å²) in [5.41, 5.74) is 1.91. The van der Waals surface area contributed by atoms with Crippen LogP contribution in [0.3, 0.4) is 0 Å². The zero-order chi connectivity index (χ0) is 19.4. The lowest BCUT2D eigenvalue weighted by atomic mass is 10.1. The van der Waals surface area contributed by atoms with Gasteiger partial charge >= 0.3 is 5.97 Å². The SMILES string of the molecule is COC(=O)Cc1[nH]n(-c2ccccc2)c(=O)c1C(C)=Nc1ccc(F)cc1. The summed E-state index contributed by atoms with van der Waals surface area (Å²) >= 11 is 0. The highest BCUT2D eigenvalue weighted by molar-refractivity contribution is 6.01. The summed E-state index contributed by atoms with van der Waals surface area (Å²) in [5, 5.41) is 2.97. The molecule has 0 aliphatic carbocycles. The number of esters is 1. The molecule has 6 nitrogen and oxygen atoms in total. The molecule has 2 aromatic carbocycles. The third-order valence-corrected chi connectivity index (χ3v) is 4.01. The fourth-order valence-electron chi connectivity index (χ4n) is 2.72. The zero-order valence-corrected chi connectivity index (χ0v) is 14.9. The number of nitrogens with one attached hydrogen (secondary N) is 1. The molecule has 1 N–H and O–H groups in total. The molecule has 3 rings (SSSR count). The number of hydrogen-bond donors (Lipinski definition) is 1. The van der Waals surface area contributed by atoms with Gasteiger partial charge in [0, 0.05) is 0 Å². The van der Waals surface area contributed by atoms with Crippen LogP contribution in [0.1, 0.15) is 18.2 Å². The molecule has 3 aromatic rings. The first kappa shape index (κ1) is 18.3. The van der Waals surface area contributed by atoms with Crippen molar-refractivity contribution in [2.75, 3.05) is 7.11 Å². The molecular formula is C20H18FN3O3. The maximum absolute atomic E-state index is 13.1. The van der Waals surface area contributed by atoms with Crippen LogP contribution in [0.2, 0.25) is 0 Å². The molecule has 0 atom stereocenters. The number of para-hydroxylation sites is 1. The van der Waals surface area contributed by atoms with Gasteiger partial charge in [-0.3, -0.25) is 19.7 Å². The Morgan fingerprint density at radius 1 is 1.15 bits per heavy atom. The largest absolute Gasteiger partial charge is 0.469 e. The molecule has 27 heavy (non-hydrogen) atoms. The van der Waals surface area contributed by atoms with Crippen molar-refractivity contribution < 1.29 is 13.9 Å². The summed E-state index contributed by atoms with van der Waals surface area (Å²) < 4.78 is 19.2. The Kier molecular flexibility index (Phi) is 5.30. The maximum atomic E-state index is 13.1. The van der Waals surface area contributed by atoms with E-state index in [0.29, 0.717) is 22.8 Å². The molecule has 0 saturated heterocycles. The number of H-pyrrole nitrogens is 1. The predicted molar refractivity (Wildman–Crippen MR) is 100 cm³/mol. The Bertz CT molecular complexity index is 1030. The van der Waals surface area contributed by atoms with Crippen LogP contribution in [-0.4, -0.2) is 28.6 Å². The second-order valence-electron chi connectivity index (χ2n) is 5.87. The number of aliphatic imine (C=N–C) groups is 1. The molecule has 0 aliphatic heterocycles. The number of nitrogens with zero attached hydrogens (tertiary/aromatic N) is 2. The molecule has 1 heterocycles. The molecule has 7 heteroatoms. The molecule has 0 bridgehead atoms. The van der Waals surface area contributed by atoms with Crippen molar-refractivity contribution >= 4 is 17.4 Å². The highest BCUT2D eigenvalue weighted by Crippen LogP contribution is 2.16. The van der Waals surface area contributed by atoms with Gasteiger partial charge in [0.25, 0.3) is 5.56 Å². The number of carbonyl (C=O) groups excluding carboxylic acids is 1. The number of hydrogen-bond acceptors (Lipinski definition) is 4. The van der Waals surface area contributed by atoms with Gasteiger partial charge in [-0.25, -0.2) is 9.07 Å². The summed E-state index contributed by atoms with van der Waals surface area (Å²) in [4.78, 5) is 29.2. The lowest BCUT2D eigenvalue weighted by Gasteiger charge is -2.02. The number of aromatic nitrogens is 2. The number of halogens is 1. The summed E-state index contributed by atoms with van der Waals surface area (Å²) in [6.07, 6.45) is -0.100. The van der Waals surface area contributed by atoms with Gasteiger partial charge in [-0.05, 0) is 43.3 Å². The average Bonchev–Trinajstić information content (AvgIpc) is 3.00. The molecule has 138 valence electrons. The number of rotatable bonds is 5. The second-order valence-corrected chi connectivity index (χ2v) is 5.87. The average molecular weight is 367 g/mol. The van der Waals surface area contributed by atoms with E-state index in [0.717, 1.165) is 0 Å². The van der Waals surface area contributed by atoms with E-state index in [1.165, 1.54) is 36.1 Å². The third-order valence-electron chi connectivity index (χ3n) is 4.01. The number of benzene rings is 2. The Morgan fingerprint density at radius 2 is 1.81 bits per heavy atom. The van der Waals surface area contributed by atoms with Crippen LogP contribution in [0, 0.1) is 5.82 Å². The van der Waals surface area contributed by atoms with Crippen molar-refractivity contribution in [3.63, 3.8) is 0 Å². The lowest BCUT2D eigenvalue weighted by molar-refractivity contribution is -0.139. The molecule has 1 aromatic heterocycles. The molecule has 0 fully saturated rings. The highest BCUT2D eigenvalue weighted by Gasteiger charge is 2.20. The van der Waals surface area contributed by atoms with E-state index in [-0.39, 0.29) is 23.4 Å². The normalized spacial score (nSPS) is 11.4. The van der Waals surface area contributed by atoms with E-state index in [1.807, 2.05) is 18.2 Å². The van der Waals surface area contributed by atoms with Gasteiger partial charge in [-0.15, -0.1) is 0 Å². The summed E-state index contributed by atoms with van der Waals surface area (Å²) in [5.74, 6) is -0.849. The van der Waals surface area contributed by atoms with Crippen molar-refractivity contribution in [1.29, 1.82) is 0 Å². The van der Waals surface area contributed by atoms with Crippen LogP contribution >= 0.6 is 0 Å². The van der Waals surface area contributed by atoms with Crippen molar-refractivity contribution in [1.82, 2.24) is 9.78 Å². The van der Waals surface area contributed by atoms with Crippen LogP contribution in [0.25, 0.3) is 5.69 Å². The van der Waals surface area contributed by atoms with Gasteiger partial charge < -0.3 is 4.74 Å². The lowest BCUT2D eigenvalue weighted by Crippen LogP contribution is -2.20. The first-order valence-corrected chi connectivity index (χ1v) is 8.27. The number of aromatic amines is 1. The maximum Gasteiger partial charge on any atom is 0.311 e. The van der Waals surface area contributed by atoms with Crippen molar-refractivity contribution in [2.45, 2.75) is 13.3 Å². The van der Waals surface area contributed by atoms with Crippen LogP contribution in [0.15, 0.2) is 64.4 Å². The molecular weight excluding hydrogens is 349 g/mol. The number of carbonyl (C=O) groups is 1. The molecule has 0 unspecified atom stereocenters. The number of methoxy groups -OCH3 is 1. The van der Waals surface area contributed by atoms with E-state index in [4.69, 9.17) is 4.74 Å². The van der Waals surface area contributed by atoms with Gasteiger partial charge in [0.1, 0.15) is 5.82 Å². The first-order valence-electron chi connectivity index (χ1n) is 8.27. The monoisotopic (exact) mass is 367 g/mol. The molecule has 0 spiro atoms. The Labute approximate surface area is 154 Å². The van der Waals surface area contributed by atoms with E-state index < -0.39 is 5.97 Å². The van der Waals surface area contributed by atoms with Crippen LogP contribution in [-0.2, 0) is 16.0 Å². The minimum absolute atomic E-state index is 0.100. The van der Waals surface area contributed by atoms with Crippen molar-refractivity contribution in [3.05, 3.63) is 82.0 Å². The van der Waals surface area contributed by atoms with Crippen molar-refractivity contribution in [2.24, 2.45) is 4.99 Å². The predicted octanol–water partition coefficient (Wildman–Crippen LogP) is 3.16. The van der Waals surface area contributed by atoms with Gasteiger partial charge in [0.15, 0.2) is 0 Å². The van der Waals surface area contributed by atoms with E-state index in [2.05, 4.69) is 10.1 Å². The zero-order valence-electron chi connectivity index (χ0n) is 14.9. The minimum Gasteiger partial charge on any atom is -0.469 e. The van der Waals surface area contributed by atoms with E-state index in [1.54, 1.807) is 19.1 Å². The minimum atomic E-state index is -0.479. The standard InChI is InChI=1S/C20H18FN3O3/c1-13(22-15-10-8-14(21)9-11-15)19-17(12-18(25)27-2)23-24(20(19)26)16-6-4-3-5-7-16/h3-11,23H,12H2,1-2H3. The summed E-state index contributed by atoms with van der Waals surface area (Å²) in [7, 11) is 1.29. The van der Waals surface area contributed by atoms with Crippen LogP contribution in [0.5, 0.6) is 0 Å². The molecule has 0 saturated carbocycles. The van der Waals surface area contributed by atoms with Gasteiger partial charge in [-0.1, -0.05) is 18.2 Å². The highest BCUT2D eigenvalue weighted by atomic mass is 19.1. The van der Waals surface area contributed by atoms with E-state index >= 15 is 0 Å². The Hall–Kier alpha value is -3.48. The Balaban J connectivity index is 2.11. The summed E-state index contributed by atoms with van der Waals surface area (Å²) in [6, 6.07) is 14.6. The topological polar surface area (TPSA) is 76.5 Å². The van der Waals surface area contributed by atoms with Gasteiger partial charge in [-0.2, -0.15) is 0 Å². The molecule has 0 amide bonds. The Morgan fingerprint density at radius 3 is 2.44 bits per heavy atom. The van der Waals surface area contributed by atoms with Crippen molar-refractivity contribution in [3.8, 4) is 5.69 Å². The first-order chi connectivity index (χ1) is 13.0. The fraction of sp³-hybridized carbons (Fsp3) is 0.150. The quantitative estimate of drug-likeness (QED) is 0.556. The number of ether oxygens (including phenoxy) is 1. The van der Waals surface area contributed by atoms with Gasteiger partial charge in [0.2, 0.25) is 0 Å². The molecule has 0 aliphatic rings. The summed E-state index contributed by atoms with van der Waals surface area (Å²) in [6.45, 7) is 1.67. The second kappa shape index (κ2) is 7.82. The molecule has 0 radical (unpaired) electrons. The van der Waals surface area contributed by atoms with Crippen LogP contribution < -0.4 is 5.56 Å². The van der Waals surface area contributed by atoms with Crippen LogP contribution in [0.4, 0.5) is 10.1 Å². The van der Waals surface area contributed by atoms with Gasteiger partial charge in [0.05, 0.1) is 41.9 Å². The van der Waals surface area contributed by atoms with E-state index in [9.17, 15) is 14.0 Å².